The summed E-state index contributed by atoms with van der Waals surface area (Å²) in [7, 11) is 0. The van der Waals surface area contributed by atoms with Gasteiger partial charge in [-0.3, -0.25) is 0 Å². The number of aldehydes is 1. The van der Waals surface area contributed by atoms with Crippen LogP contribution in [0.4, 0.5) is 0 Å². The Morgan fingerprint density at radius 2 is 2.03 bits per heavy atom. The minimum Gasteiger partial charge on any atom is -0.377 e. The molecule has 0 aromatic carbocycles. The van der Waals surface area contributed by atoms with Crippen molar-refractivity contribution in [3.63, 3.8) is 0 Å². The van der Waals surface area contributed by atoms with Crippen molar-refractivity contribution >= 4 is 6.29 Å². The van der Waals surface area contributed by atoms with Gasteiger partial charge in [0.15, 0.2) is 0 Å². The number of carbonyl (C=O) groups excluding carboxylic acids is 1. The number of rotatable bonds is 7. The van der Waals surface area contributed by atoms with E-state index in [0.717, 1.165) is 37.1 Å². The van der Waals surface area contributed by atoms with Crippen LogP contribution in [0.15, 0.2) is 11.6 Å². The van der Waals surface area contributed by atoms with Gasteiger partial charge in [0.2, 0.25) is 0 Å². The first-order valence-electron chi connectivity index (χ1n) is 13.6. The molecule has 3 nitrogen and oxygen atoms in total. The van der Waals surface area contributed by atoms with E-state index in [2.05, 4.69) is 47.6 Å². The normalized spacial score (nSPS) is 44.8. The highest BCUT2D eigenvalue weighted by Gasteiger charge is 2.60. The molecular formula is C29H48O3. The minimum atomic E-state index is 0.0898. The standard InChI is InChI=1S/C29H48O3/c1-7-27(31-15-14-30)23-18-32-20(4)29(6)24(23)10-11-25-26(29)9-8-22-17-21(16-19(2)3)12-13-28(22,25)5/h9,14,19-25,27H,7-8,10-13,15-18H2,1-6H3. The Labute approximate surface area is 197 Å². The number of carbonyl (C=O) groups is 1. The van der Waals surface area contributed by atoms with Crippen LogP contribution >= 0.6 is 0 Å². The minimum absolute atomic E-state index is 0.0898. The maximum atomic E-state index is 11.0. The van der Waals surface area contributed by atoms with Crippen molar-refractivity contribution in [3.05, 3.63) is 11.6 Å². The molecule has 1 saturated heterocycles. The van der Waals surface area contributed by atoms with Crippen LogP contribution in [0.25, 0.3) is 0 Å². The second-order valence-electron chi connectivity index (χ2n) is 12.5. The molecule has 9 unspecified atom stereocenters. The number of allylic oxidation sites excluding steroid dienone is 1. The molecule has 2 saturated carbocycles. The molecular weight excluding hydrogens is 396 g/mol. The van der Waals surface area contributed by atoms with E-state index in [0.29, 0.717) is 23.2 Å². The molecule has 32 heavy (non-hydrogen) atoms. The van der Waals surface area contributed by atoms with Crippen molar-refractivity contribution in [1.82, 2.24) is 0 Å². The fraction of sp³-hybridized carbons (Fsp3) is 0.897. The summed E-state index contributed by atoms with van der Waals surface area (Å²) in [6.45, 7) is 15.4. The number of hydrogen-bond donors (Lipinski definition) is 0. The van der Waals surface area contributed by atoms with E-state index < -0.39 is 0 Å². The summed E-state index contributed by atoms with van der Waals surface area (Å²) in [5.74, 6) is 4.28. The number of fused-ring (bicyclic) bond motifs is 5. The second-order valence-corrected chi connectivity index (χ2v) is 12.5. The topological polar surface area (TPSA) is 35.5 Å². The molecule has 3 heteroatoms. The molecule has 182 valence electrons. The van der Waals surface area contributed by atoms with Gasteiger partial charge in [-0.15, -0.1) is 0 Å². The molecule has 3 aliphatic carbocycles. The fourth-order valence-electron chi connectivity index (χ4n) is 8.73. The molecule has 4 rings (SSSR count). The molecule has 4 aliphatic rings. The third-order valence-electron chi connectivity index (χ3n) is 10.6. The van der Waals surface area contributed by atoms with Crippen LogP contribution in [0.3, 0.4) is 0 Å². The lowest BCUT2D eigenvalue weighted by Crippen LogP contribution is -2.59. The van der Waals surface area contributed by atoms with Crippen molar-refractivity contribution in [2.24, 2.45) is 46.3 Å². The van der Waals surface area contributed by atoms with Gasteiger partial charge < -0.3 is 14.3 Å². The van der Waals surface area contributed by atoms with Gasteiger partial charge in [0.1, 0.15) is 12.9 Å². The van der Waals surface area contributed by atoms with E-state index in [9.17, 15) is 4.79 Å². The molecule has 0 radical (unpaired) electrons. The fourth-order valence-corrected chi connectivity index (χ4v) is 8.73. The van der Waals surface area contributed by atoms with Crippen LogP contribution < -0.4 is 0 Å². The lowest BCUT2D eigenvalue weighted by Gasteiger charge is -2.63. The first-order valence-corrected chi connectivity index (χ1v) is 13.6. The molecule has 0 bridgehead atoms. The summed E-state index contributed by atoms with van der Waals surface area (Å²) in [6, 6.07) is 0. The van der Waals surface area contributed by atoms with E-state index >= 15 is 0 Å². The average Bonchev–Trinajstić information content (AvgIpc) is 2.76. The number of hydrogen-bond acceptors (Lipinski definition) is 3. The molecule has 0 spiro atoms. The predicted molar refractivity (Wildman–Crippen MR) is 130 cm³/mol. The van der Waals surface area contributed by atoms with Crippen LogP contribution in [-0.2, 0) is 14.3 Å². The van der Waals surface area contributed by atoms with Crippen molar-refractivity contribution in [2.45, 2.75) is 105 Å². The molecule has 0 amide bonds. The monoisotopic (exact) mass is 444 g/mol. The molecule has 0 aromatic rings. The first-order chi connectivity index (χ1) is 15.3. The highest BCUT2D eigenvalue weighted by molar-refractivity contribution is 5.50. The Kier molecular flexibility index (Phi) is 7.28. The third-order valence-corrected chi connectivity index (χ3v) is 10.6. The van der Waals surface area contributed by atoms with E-state index in [-0.39, 0.29) is 24.2 Å². The predicted octanol–water partition coefficient (Wildman–Crippen LogP) is 6.85. The highest BCUT2D eigenvalue weighted by Crippen LogP contribution is 2.65. The van der Waals surface area contributed by atoms with Gasteiger partial charge in [-0.2, -0.15) is 0 Å². The molecule has 3 fully saturated rings. The van der Waals surface area contributed by atoms with Gasteiger partial charge in [0.25, 0.3) is 0 Å². The van der Waals surface area contributed by atoms with Gasteiger partial charge in [0.05, 0.1) is 18.8 Å². The molecule has 0 aromatic heterocycles. The molecule has 1 heterocycles. The zero-order valence-electron chi connectivity index (χ0n) is 21.6. The average molecular weight is 445 g/mol. The Morgan fingerprint density at radius 1 is 1.25 bits per heavy atom. The zero-order valence-corrected chi connectivity index (χ0v) is 21.6. The lowest BCUT2D eigenvalue weighted by molar-refractivity contribution is -0.176. The molecule has 1 aliphatic heterocycles. The van der Waals surface area contributed by atoms with Gasteiger partial charge in [-0.1, -0.05) is 46.3 Å². The van der Waals surface area contributed by atoms with Crippen LogP contribution in [-0.4, -0.2) is 31.7 Å². The largest absolute Gasteiger partial charge is 0.377 e. The highest BCUT2D eigenvalue weighted by atomic mass is 16.5. The molecule has 0 N–H and O–H groups in total. The Bertz CT molecular complexity index is 699. The Hall–Kier alpha value is -0.670. The lowest BCUT2D eigenvalue weighted by atomic mass is 9.44. The SMILES string of the molecule is CCC(OCC=O)C1COC(C)C2(C)C3=CCC4CC(CC(C)C)CCC4(C)C3CCC12. The summed E-state index contributed by atoms with van der Waals surface area (Å²) < 4.78 is 12.5. The van der Waals surface area contributed by atoms with E-state index in [1.807, 2.05) is 0 Å². The van der Waals surface area contributed by atoms with Crippen LogP contribution in [0, 0.1) is 46.3 Å². The van der Waals surface area contributed by atoms with E-state index in [1.54, 1.807) is 5.57 Å². The van der Waals surface area contributed by atoms with Gasteiger partial charge in [-0.05, 0) is 93.3 Å². The van der Waals surface area contributed by atoms with Gasteiger partial charge in [0, 0.05) is 11.3 Å². The first kappa shape index (κ1) is 24.5. The smallest absolute Gasteiger partial charge is 0.145 e. The van der Waals surface area contributed by atoms with Crippen molar-refractivity contribution in [2.75, 3.05) is 13.2 Å². The number of ether oxygens (including phenoxy) is 2. The zero-order chi connectivity index (χ0) is 23.1. The van der Waals surface area contributed by atoms with Crippen molar-refractivity contribution < 1.29 is 14.3 Å². The third kappa shape index (κ3) is 4.04. The van der Waals surface area contributed by atoms with Crippen LogP contribution in [0.1, 0.15) is 92.9 Å². The summed E-state index contributed by atoms with van der Waals surface area (Å²) in [5.41, 5.74) is 2.26. The van der Waals surface area contributed by atoms with Crippen LogP contribution in [0.2, 0.25) is 0 Å². The van der Waals surface area contributed by atoms with Gasteiger partial charge in [-0.25, -0.2) is 0 Å². The molecule has 9 atom stereocenters. The second kappa shape index (κ2) is 9.53. The quantitative estimate of drug-likeness (QED) is 0.318. The Balaban J connectivity index is 1.61. The summed E-state index contributed by atoms with van der Waals surface area (Å²) in [6.07, 6.45) is 14.4. The van der Waals surface area contributed by atoms with Crippen molar-refractivity contribution in [3.8, 4) is 0 Å². The summed E-state index contributed by atoms with van der Waals surface area (Å²) >= 11 is 0. The maximum absolute atomic E-state index is 11.0. The maximum Gasteiger partial charge on any atom is 0.145 e. The summed E-state index contributed by atoms with van der Waals surface area (Å²) in [5, 5.41) is 0. The van der Waals surface area contributed by atoms with Crippen LogP contribution in [0.5, 0.6) is 0 Å². The van der Waals surface area contributed by atoms with Crippen molar-refractivity contribution in [1.29, 1.82) is 0 Å². The van der Waals surface area contributed by atoms with E-state index in [1.165, 1.54) is 44.9 Å². The van der Waals surface area contributed by atoms with Gasteiger partial charge >= 0.3 is 0 Å². The Morgan fingerprint density at radius 3 is 2.72 bits per heavy atom. The summed E-state index contributed by atoms with van der Waals surface area (Å²) in [4.78, 5) is 11.0. The van der Waals surface area contributed by atoms with E-state index in [4.69, 9.17) is 9.47 Å².